The van der Waals surface area contributed by atoms with Gasteiger partial charge in [-0.25, -0.2) is 0 Å². The molecular weight excluding hydrogens is 304 g/mol. The van der Waals surface area contributed by atoms with Crippen LogP contribution in [0.25, 0.3) is 0 Å². The van der Waals surface area contributed by atoms with Gasteiger partial charge >= 0.3 is 0 Å². The highest BCUT2D eigenvalue weighted by Gasteiger charge is 2.16. The second-order valence-corrected chi connectivity index (χ2v) is 7.63. The van der Waals surface area contributed by atoms with Crippen molar-refractivity contribution in [2.24, 2.45) is 10.8 Å². The number of hydrogen-bond acceptors (Lipinski definition) is 4. The number of carbonyl (C=O) groups excluding carboxylic acids is 2. The third-order valence-corrected chi connectivity index (χ3v) is 3.98. The summed E-state index contributed by atoms with van der Waals surface area (Å²) in [5, 5.41) is 0. The Morgan fingerprint density at radius 1 is 0.750 bits per heavy atom. The summed E-state index contributed by atoms with van der Waals surface area (Å²) in [4.78, 5) is 21.6. The number of ether oxygens (including phenoxy) is 2. The van der Waals surface area contributed by atoms with Gasteiger partial charge in [0, 0.05) is 24.0 Å². The Kier molecular flexibility index (Phi) is 8.29. The Balaban J connectivity index is 2.26. The van der Waals surface area contributed by atoms with Crippen LogP contribution in [-0.4, -0.2) is 25.8 Å². The van der Waals surface area contributed by atoms with Crippen molar-refractivity contribution in [2.45, 2.75) is 53.8 Å². The lowest BCUT2D eigenvalue weighted by atomic mass is 9.92. The maximum absolute atomic E-state index is 10.8. The zero-order valence-corrected chi connectivity index (χ0v) is 15.3. The normalized spacial score (nSPS) is 12.2. The molecule has 0 amide bonds. The van der Waals surface area contributed by atoms with Crippen LogP contribution in [0.2, 0.25) is 0 Å². The summed E-state index contributed by atoms with van der Waals surface area (Å²) in [5.41, 5.74) is 1.56. The molecule has 24 heavy (non-hydrogen) atoms. The van der Waals surface area contributed by atoms with E-state index in [1.165, 1.54) is 0 Å². The number of benzene rings is 1. The van der Waals surface area contributed by atoms with E-state index in [4.69, 9.17) is 9.47 Å². The first-order valence-electron chi connectivity index (χ1n) is 8.44. The van der Waals surface area contributed by atoms with E-state index in [1.54, 1.807) is 0 Å². The highest BCUT2D eigenvalue weighted by molar-refractivity contribution is 5.58. The predicted octanol–water partition coefficient (Wildman–Crippen LogP) is 3.95. The Hall–Kier alpha value is -1.52. The molecule has 1 aromatic carbocycles. The van der Waals surface area contributed by atoms with Crippen molar-refractivity contribution < 1.29 is 19.1 Å². The van der Waals surface area contributed by atoms with Crippen LogP contribution in [0.3, 0.4) is 0 Å². The van der Waals surface area contributed by atoms with Crippen LogP contribution in [0.5, 0.6) is 0 Å². The third-order valence-electron chi connectivity index (χ3n) is 3.98. The molecule has 0 aromatic heterocycles. The molecule has 0 unspecified atom stereocenters. The number of carbonyl (C=O) groups is 2. The minimum atomic E-state index is -0.320. The fourth-order valence-corrected chi connectivity index (χ4v) is 1.90. The molecule has 0 saturated carbocycles. The highest BCUT2D eigenvalue weighted by atomic mass is 16.5. The molecule has 0 fully saturated rings. The van der Waals surface area contributed by atoms with Gasteiger partial charge in [0.25, 0.3) is 0 Å². The Morgan fingerprint density at radius 2 is 1.08 bits per heavy atom. The van der Waals surface area contributed by atoms with Gasteiger partial charge < -0.3 is 19.1 Å². The smallest absolute Gasteiger partial charge is 0.125 e. The molecule has 0 heterocycles. The van der Waals surface area contributed by atoms with Crippen LogP contribution in [0.1, 0.15) is 51.7 Å². The van der Waals surface area contributed by atoms with Crippen molar-refractivity contribution in [3.05, 3.63) is 35.4 Å². The van der Waals surface area contributed by atoms with Crippen molar-refractivity contribution >= 4 is 12.6 Å². The minimum Gasteiger partial charge on any atom is -0.377 e. The SMILES string of the molecule is CC(C)(C=O)CCOCc1ccc(COCCC(C)(C)C=O)cc1. The molecule has 0 aliphatic heterocycles. The van der Waals surface area contributed by atoms with Crippen molar-refractivity contribution in [3.8, 4) is 0 Å². The lowest BCUT2D eigenvalue weighted by Gasteiger charge is -2.16. The summed E-state index contributed by atoms with van der Waals surface area (Å²) in [5.74, 6) is 0. The molecule has 4 nitrogen and oxygen atoms in total. The average Bonchev–Trinajstić information content (AvgIpc) is 2.57. The maximum atomic E-state index is 10.8. The summed E-state index contributed by atoms with van der Waals surface area (Å²) in [6.07, 6.45) is 3.39. The van der Waals surface area contributed by atoms with Gasteiger partial charge in [-0.15, -0.1) is 0 Å². The first-order valence-corrected chi connectivity index (χ1v) is 8.44. The van der Waals surface area contributed by atoms with E-state index < -0.39 is 0 Å². The Bertz CT molecular complexity index is 456. The summed E-state index contributed by atoms with van der Waals surface area (Å²) >= 11 is 0. The predicted molar refractivity (Wildman–Crippen MR) is 94.7 cm³/mol. The van der Waals surface area contributed by atoms with Gasteiger partial charge in [-0.3, -0.25) is 0 Å². The molecule has 0 N–H and O–H groups in total. The topological polar surface area (TPSA) is 52.6 Å². The summed E-state index contributed by atoms with van der Waals surface area (Å²) in [7, 11) is 0. The van der Waals surface area contributed by atoms with E-state index in [-0.39, 0.29) is 10.8 Å². The van der Waals surface area contributed by atoms with Crippen LogP contribution in [0.15, 0.2) is 24.3 Å². The Morgan fingerprint density at radius 3 is 1.38 bits per heavy atom. The number of hydrogen-bond donors (Lipinski definition) is 0. The molecule has 1 rings (SSSR count). The molecule has 0 aliphatic carbocycles. The van der Waals surface area contributed by atoms with Crippen LogP contribution < -0.4 is 0 Å². The molecule has 0 atom stereocenters. The van der Waals surface area contributed by atoms with Crippen LogP contribution in [0, 0.1) is 10.8 Å². The van der Waals surface area contributed by atoms with E-state index in [0.29, 0.717) is 26.4 Å². The zero-order chi connectivity index (χ0) is 18.1. The van der Waals surface area contributed by atoms with Crippen molar-refractivity contribution in [3.63, 3.8) is 0 Å². The summed E-state index contributed by atoms with van der Waals surface area (Å²) < 4.78 is 11.2. The zero-order valence-electron chi connectivity index (χ0n) is 15.3. The van der Waals surface area contributed by atoms with Gasteiger partial charge in [0.1, 0.15) is 12.6 Å². The van der Waals surface area contributed by atoms with Crippen LogP contribution >= 0.6 is 0 Å². The first kappa shape index (κ1) is 20.5. The largest absolute Gasteiger partial charge is 0.377 e. The van der Waals surface area contributed by atoms with E-state index in [0.717, 1.165) is 36.5 Å². The molecule has 0 saturated heterocycles. The van der Waals surface area contributed by atoms with Crippen molar-refractivity contribution in [1.82, 2.24) is 0 Å². The highest BCUT2D eigenvalue weighted by Crippen LogP contribution is 2.18. The van der Waals surface area contributed by atoms with Gasteiger partial charge in [-0.2, -0.15) is 0 Å². The minimum absolute atomic E-state index is 0.320. The van der Waals surface area contributed by atoms with Gasteiger partial charge in [0.15, 0.2) is 0 Å². The standard InChI is InChI=1S/C20H30O4/c1-19(2,15-21)9-11-23-13-17-5-7-18(8-6-17)14-24-12-10-20(3,4)16-22/h5-8,15-16H,9-14H2,1-4H3. The van der Waals surface area contributed by atoms with Gasteiger partial charge in [0.2, 0.25) is 0 Å². The van der Waals surface area contributed by atoms with Crippen molar-refractivity contribution in [2.75, 3.05) is 13.2 Å². The lowest BCUT2D eigenvalue weighted by Crippen LogP contribution is -2.16. The molecular formula is C20H30O4. The molecule has 0 aliphatic rings. The number of aldehydes is 2. The molecule has 4 heteroatoms. The van der Waals surface area contributed by atoms with Gasteiger partial charge in [-0.1, -0.05) is 52.0 Å². The number of rotatable bonds is 12. The van der Waals surface area contributed by atoms with Gasteiger partial charge in [-0.05, 0) is 24.0 Å². The lowest BCUT2D eigenvalue weighted by molar-refractivity contribution is -0.116. The second kappa shape index (κ2) is 9.70. The monoisotopic (exact) mass is 334 g/mol. The van der Waals surface area contributed by atoms with Crippen LogP contribution in [0.4, 0.5) is 0 Å². The molecule has 134 valence electrons. The first-order chi connectivity index (χ1) is 11.3. The van der Waals surface area contributed by atoms with E-state index in [1.807, 2.05) is 52.0 Å². The third kappa shape index (κ3) is 8.37. The van der Waals surface area contributed by atoms with E-state index in [9.17, 15) is 9.59 Å². The summed E-state index contributed by atoms with van der Waals surface area (Å²) in [6.45, 7) is 9.88. The molecule has 0 bridgehead atoms. The second-order valence-electron chi connectivity index (χ2n) is 7.63. The molecule has 0 radical (unpaired) electrons. The maximum Gasteiger partial charge on any atom is 0.125 e. The fraction of sp³-hybridized carbons (Fsp3) is 0.600. The fourth-order valence-electron chi connectivity index (χ4n) is 1.90. The van der Waals surface area contributed by atoms with E-state index in [2.05, 4.69) is 0 Å². The molecule has 1 aromatic rings. The quantitative estimate of drug-likeness (QED) is 0.429. The molecule has 0 spiro atoms. The van der Waals surface area contributed by atoms with Crippen LogP contribution in [-0.2, 0) is 32.3 Å². The van der Waals surface area contributed by atoms with E-state index >= 15 is 0 Å². The van der Waals surface area contributed by atoms with Gasteiger partial charge in [0.05, 0.1) is 13.2 Å². The van der Waals surface area contributed by atoms with Crippen molar-refractivity contribution in [1.29, 1.82) is 0 Å². The summed E-state index contributed by atoms with van der Waals surface area (Å²) in [6, 6.07) is 8.11. The Labute approximate surface area is 145 Å². The average molecular weight is 334 g/mol.